The fraction of sp³-hybridized carbons (Fsp3) is 0.545. The summed E-state index contributed by atoms with van der Waals surface area (Å²) >= 11 is 0. The minimum Gasteiger partial charge on any atom is -0.330 e. The highest BCUT2D eigenvalue weighted by Gasteiger charge is 2.30. The molecule has 1 saturated carbocycles. The highest BCUT2D eigenvalue weighted by Crippen LogP contribution is 2.26. The lowest BCUT2D eigenvalue weighted by Crippen LogP contribution is -2.39. The van der Waals surface area contributed by atoms with Crippen LogP contribution in [0.25, 0.3) is 0 Å². The number of nitrogens with two attached hydrogens (primary N) is 1. The number of sulfonamides is 1. The molecule has 1 aliphatic carbocycles. The fourth-order valence-corrected chi connectivity index (χ4v) is 3.59. The maximum atomic E-state index is 13.0. The molecule has 108 valence electrons. The molecular formula is C11H17ClFN3O2S. The fourth-order valence-electron chi connectivity index (χ4n) is 2.28. The molecule has 1 fully saturated rings. The van der Waals surface area contributed by atoms with Gasteiger partial charge in [-0.2, -0.15) is 0 Å². The number of halogens is 2. The molecule has 5 nitrogen and oxygen atoms in total. The smallest absolute Gasteiger partial charge is 0.242 e. The lowest BCUT2D eigenvalue weighted by Gasteiger charge is -2.19. The first-order valence-corrected chi connectivity index (χ1v) is 7.34. The molecule has 0 spiro atoms. The van der Waals surface area contributed by atoms with Gasteiger partial charge in [-0.15, -0.1) is 12.4 Å². The Balaban J connectivity index is 0.00000180. The summed E-state index contributed by atoms with van der Waals surface area (Å²) in [7, 11) is -3.72. The zero-order chi connectivity index (χ0) is 13.2. The molecule has 0 saturated heterocycles. The van der Waals surface area contributed by atoms with E-state index >= 15 is 0 Å². The van der Waals surface area contributed by atoms with Crippen LogP contribution in [0.3, 0.4) is 0 Å². The summed E-state index contributed by atoms with van der Waals surface area (Å²) in [6, 6.07) is 0.796. The molecule has 0 radical (unpaired) electrons. The summed E-state index contributed by atoms with van der Waals surface area (Å²) in [6.45, 7) is 0.453. The van der Waals surface area contributed by atoms with E-state index in [1.807, 2.05) is 0 Å². The Morgan fingerprint density at radius 2 is 2.16 bits per heavy atom. The van der Waals surface area contributed by atoms with Gasteiger partial charge < -0.3 is 5.73 Å². The topological polar surface area (TPSA) is 85.1 Å². The van der Waals surface area contributed by atoms with Crippen LogP contribution in [0.4, 0.5) is 4.39 Å². The molecule has 0 amide bonds. The molecule has 0 bridgehead atoms. The standard InChI is InChI=1S/C11H16FN3O2S.ClH/c12-9-4-10(7-14-6-9)18(16,17)15-11-3-1-2-8(11)5-13;/h4,6-8,11,15H,1-3,5,13H2;1H. The summed E-state index contributed by atoms with van der Waals surface area (Å²) in [5, 5.41) is 0. The summed E-state index contributed by atoms with van der Waals surface area (Å²) < 4.78 is 39.7. The third-order valence-corrected chi connectivity index (χ3v) is 4.72. The van der Waals surface area contributed by atoms with Crippen LogP contribution >= 0.6 is 12.4 Å². The number of hydrogen-bond donors (Lipinski definition) is 2. The lowest BCUT2D eigenvalue weighted by molar-refractivity contribution is 0.452. The van der Waals surface area contributed by atoms with Crippen molar-refractivity contribution in [3.8, 4) is 0 Å². The van der Waals surface area contributed by atoms with Crippen LogP contribution in [-0.4, -0.2) is 26.0 Å². The van der Waals surface area contributed by atoms with E-state index < -0.39 is 15.8 Å². The third kappa shape index (κ3) is 3.85. The van der Waals surface area contributed by atoms with Gasteiger partial charge in [-0.3, -0.25) is 4.98 Å². The van der Waals surface area contributed by atoms with E-state index in [-0.39, 0.29) is 29.3 Å². The zero-order valence-corrected chi connectivity index (χ0v) is 11.9. The first kappa shape index (κ1) is 16.3. The van der Waals surface area contributed by atoms with Crippen LogP contribution in [0.15, 0.2) is 23.4 Å². The van der Waals surface area contributed by atoms with Gasteiger partial charge in [-0.25, -0.2) is 17.5 Å². The second kappa shape index (κ2) is 6.60. The molecule has 1 heterocycles. The number of nitrogens with one attached hydrogen (secondary N) is 1. The summed E-state index contributed by atoms with van der Waals surface area (Å²) in [6.07, 6.45) is 4.75. The zero-order valence-electron chi connectivity index (χ0n) is 10.3. The van der Waals surface area contributed by atoms with E-state index in [1.54, 1.807) is 0 Å². The van der Waals surface area contributed by atoms with Crippen LogP contribution in [-0.2, 0) is 10.0 Å². The average molecular weight is 310 g/mol. The van der Waals surface area contributed by atoms with Crippen molar-refractivity contribution < 1.29 is 12.8 Å². The number of aromatic nitrogens is 1. The van der Waals surface area contributed by atoms with Crippen LogP contribution in [0.1, 0.15) is 19.3 Å². The van der Waals surface area contributed by atoms with E-state index in [2.05, 4.69) is 9.71 Å². The number of nitrogens with zero attached hydrogens (tertiary/aromatic N) is 1. The Labute approximate surface area is 118 Å². The highest BCUT2D eigenvalue weighted by atomic mass is 35.5. The molecule has 1 aliphatic rings. The largest absolute Gasteiger partial charge is 0.330 e. The van der Waals surface area contributed by atoms with Crippen molar-refractivity contribution in [3.63, 3.8) is 0 Å². The quantitative estimate of drug-likeness (QED) is 0.870. The predicted octanol–water partition coefficient (Wildman–Crippen LogP) is 1.05. The van der Waals surface area contributed by atoms with Gasteiger partial charge in [0.25, 0.3) is 0 Å². The minimum absolute atomic E-state index is 0. The lowest BCUT2D eigenvalue weighted by atomic mass is 10.1. The average Bonchev–Trinajstić information content (AvgIpc) is 2.75. The first-order valence-electron chi connectivity index (χ1n) is 5.86. The van der Waals surface area contributed by atoms with E-state index in [0.29, 0.717) is 6.54 Å². The van der Waals surface area contributed by atoms with Crippen molar-refractivity contribution in [1.29, 1.82) is 0 Å². The van der Waals surface area contributed by atoms with Crippen molar-refractivity contribution in [3.05, 3.63) is 24.3 Å². The summed E-state index contributed by atoms with van der Waals surface area (Å²) in [5.41, 5.74) is 5.60. The Bertz CT molecular complexity index is 526. The molecule has 2 unspecified atom stereocenters. The van der Waals surface area contributed by atoms with Crippen molar-refractivity contribution in [2.45, 2.75) is 30.2 Å². The Hall–Kier alpha value is -0.760. The summed E-state index contributed by atoms with van der Waals surface area (Å²) in [5.74, 6) is -0.513. The van der Waals surface area contributed by atoms with Crippen molar-refractivity contribution >= 4 is 22.4 Å². The van der Waals surface area contributed by atoms with E-state index in [0.717, 1.165) is 37.7 Å². The number of rotatable bonds is 4. The third-order valence-electron chi connectivity index (χ3n) is 3.26. The van der Waals surface area contributed by atoms with Crippen molar-refractivity contribution in [2.24, 2.45) is 11.7 Å². The van der Waals surface area contributed by atoms with Crippen molar-refractivity contribution in [1.82, 2.24) is 9.71 Å². The predicted molar refractivity (Wildman–Crippen MR) is 71.9 cm³/mol. The molecule has 1 aromatic rings. The molecule has 1 aromatic heterocycles. The van der Waals surface area contributed by atoms with Crippen molar-refractivity contribution in [2.75, 3.05) is 6.54 Å². The van der Waals surface area contributed by atoms with Gasteiger partial charge >= 0.3 is 0 Å². The Kier molecular flexibility index (Phi) is 5.66. The first-order chi connectivity index (χ1) is 8.53. The monoisotopic (exact) mass is 309 g/mol. The van der Waals surface area contributed by atoms with Crippen LogP contribution < -0.4 is 10.5 Å². The summed E-state index contributed by atoms with van der Waals surface area (Å²) in [4.78, 5) is 3.40. The SMILES string of the molecule is Cl.NCC1CCCC1NS(=O)(=O)c1cncc(F)c1. The number of pyridine rings is 1. The van der Waals surface area contributed by atoms with Gasteiger partial charge in [0.1, 0.15) is 10.7 Å². The van der Waals surface area contributed by atoms with E-state index in [1.165, 1.54) is 0 Å². The molecule has 0 aliphatic heterocycles. The van der Waals surface area contributed by atoms with Crippen LogP contribution in [0, 0.1) is 11.7 Å². The second-order valence-corrected chi connectivity index (χ2v) is 6.21. The van der Waals surface area contributed by atoms with Gasteiger partial charge in [0.2, 0.25) is 10.0 Å². The van der Waals surface area contributed by atoms with Gasteiger partial charge in [-0.05, 0) is 31.4 Å². The van der Waals surface area contributed by atoms with Gasteiger partial charge in [-0.1, -0.05) is 6.42 Å². The second-order valence-electron chi connectivity index (χ2n) is 4.49. The molecule has 2 rings (SSSR count). The van der Waals surface area contributed by atoms with E-state index in [4.69, 9.17) is 5.73 Å². The molecule has 0 aromatic carbocycles. The molecule has 2 atom stereocenters. The van der Waals surface area contributed by atoms with Crippen LogP contribution in [0.5, 0.6) is 0 Å². The maximum absolute atomic E-state index is 13.0. The van der Waals surface area contributed by atoms with E-state index in [9.17, 15) is 12.8 Å². The van der Waals surface area contributed by atoms with Gasteiger partial charge in [0.05, 0.1) is 6.20 Å². The highest BCUT2D eigenvalue weighted by molar-refractivity contribution is 7.89. The van der Waals surface area contributed by atoms with Gasteiger partial charge in [0, 0.05) is 12.2 Å². The number of hydrogen-bond acceptors (Lipinski definition) is 4. The molecule has 8 heteroatoms. The normalized spacial score (nSPS) is 23.1. The molecular weight excluding hydrogens is 293 g/mol. The minimum atomic E-state index is -3.72. The Morgan fingerprint density at radius 1 is 1.42 bits per heavy atom. The maximum Gasteiger partial charge on any atom is 0.242 e. The van der Waals surface area contributed by atoms with Crippen LogP contribution in [0.2, 0.25) is 0 Å². The molecule has 19 heavy (non-hydrogen) atoms. The molecule has 3 N–H and O–H groups in total. The Morgan fingerprint density at radius 3 is 2.79 bits per heavy atom. The van der Waals surface area contributed by atoms with Gasteiger partial charge in [0.15, 0.2) is 0 Å².